The summed E-state index contributed by atoms with van der Waals surface area (Å²) in [4.78, 5) is 44.5. The number of aliphatic hydroxyl groups excluding tert-OH is 1. The van der Waals surface area contributed by atoms with Gasteiger partial charge in [0.1, 0.15) is 12.6 Å². The number of rotatable bonds is 11. The molecular weight excluding hydrogens is 294 g/mol. The third-order valence-corrected chi connectivity index (χ3v) is 2.71. The van der Waals surface area contributed by atoms with Crippen LogP contribution in [-0.2, 0) is 19.2 Å². The van der Waals surface area contributed by atoms with E-state index in [1.165, 1.54) is 0 Å². The van der Waals surface area contributed by atoms with Crippen LogP contribution in [0.4, 0.5) is 0 Å². The number of aliphatic carboxylic acids is 1. The average molecular weight is 317 g/mol. The quantitative estimate of drug-likeness (QED) is 0.289. The van der Waals surface area contributed by atoms with Crippen molar-refractivity contribution in [2.75, 3.05) is 19.7 Å². The SMILES string of the molecule is CCNC(=O)CCCNC(=O)CCC(NC(=O)CO)C(=O)O. The van der Waals surface area contributed by atoms with Crippen molar-refractivity contribution in [3.63, 3.8) is 0 Å². The molecular formula is C13H23N3O6. The van der Waals surface area contributed by atoms with E-state index in [4.69, 9.17) is 10.2 Å². The summed E-state index contributed by atoms with van der Waals surface area (Å²) in [6.45, 7) is 1.88. The van der Waals surface area contributed by atoms with Gasteiger partial charge in [-0.3, -0.25) is 14.4 Å². The topological polar surface area (TPSA) is 145 Å². The second-order valence-electron chi connectivity index (χ2n) is 4.56. The number of carbonyl (C=O) groups excluding carboxylic acids is 3. The molecule has 0 aromatic rings. The van der Waals surface area contributed by atoms with Crippen LogP contribution >= 0.6 is 0 Å². The molecule has 0 radical (unpaired) electrons. The highest BCUT2D eigenvalue weighted by Gasteiger charge is 2.20. The molecule has 0 heterocycles. The second-order valence-corrected chi connectivity index (χ2v) is 4.56. The van der Waals surface area contributed by atoms with E-state index in [9.17, 15) is 19.2 Å². The zero-order chi connectivity index (χ0) is 17.0. The minimum Gasteiger partial charge on any atom is -0.480 e. The smallest absolute Gasteiger partial charge is 0.326 e. The van der Waals surface area contributed by atoms with E-state index in [1.807, 2.05) is 6.92 Å². The number of amides is 3. The highest BCUT2D eigenvalue weighted by molar-refractivity contribution is 5.84. The van der Waals surface area contributed by atoms with Gasteiger partial charge in [0.25, 0.3) is 0 Å². The van der Waals surface area contributed by atoms with E-state index in [1.54, 1.807) is 0 Å². The first kappa shape index (κ1) is 19.8. The number of nitrogens with one attached hydrogen (secondary N) is 3. The van der Waals surface area contributed by atoms with Crippen molar-refractivity contribution >= 4 is 23.7 Å². The number of carboxylic acids is 1. The van der Waals surface area contributed by atoms with Crippen molar-refractivity contribution in [1.82, 2.24) is 16.0 Å². The number of carboxylic acid groups (broad SMARTS) is 1. The lowest BCUT2D eigenvalue weighted by Gasteiger charge is -2.13. The molecule has 0 spiro atoms. The average Bonchev–Trinajstić information content (AvgIpc) is 2.47. The molecule has 0 aromatic heterocycles. The van der Waals surface area contributed by atoms with Crippen LogP contribution < -0.4 is 16.0 Å². The summed E-state index contributed by atoms with van der Waals surface area (Å²) in [7, 11) is 0. The largest absolute Gasteiger partial charge is 0.480 e. The summed E-state index contributed by atoms with van der Waals surface area (Å²) in [5.74, 6) is -2.53. The van der Waals surface area contributed by atoms with Gasteiger partial charge in [0.05, 0.1) is 0 Å². The van der Waals surface area contributed by atoms with Crippen molar-refractivity contribution < 1.29 is 29.4 Å². The van der Waals surface area contributed by atoms with Crippen molar-refractivity contribution in [2.45, 2.75) is 38.6 Å². The van der Waals surface area contributed by atoms with Crippen molar-refractivity contribution in [2.24, 2.45) is 0 Å². The van der Waals surface area contributed by atoms with Crippen LogP contribution in [0, 0.1) is 0 Å². The molecule has 3 amide bonds. The predicted octanol–water partition coefficient (Wildman–Crippen LogP) is -1.64. The van der Waals surface area contributed by atoms with E-state index >= 15 is 0 Å². The standard InChI is InChI=1S/C13H23N3O6/c1-2-14-10(18)4-3-7-15-11(19)6-5-9(13(21)22)16-12(20)8-17/h9,17H,2-8H2,1H3,(H,14,18)(H,15,19)(H,16,20)(H,21,22). The summed E-state index contributed by atoms with van der Waals surface area (Å²) < 4.78 is 0. The number of hydrogen-bond acceptors (Lipinski definition) is 5. The van der Waals surface area contributed by atoms with Gasteiger partial charge in [-0.05, 0) is 19.8 Å². The van der Waals surface area contributed by atoms with Crippen LogP contribution in [0.1, 0.15) is 32.6 Å². The molecule has 0 fully saturated rings. The van der Waals surface area contributed by atoms with Gasteiger partial charge in [0, 0.05) is 25.9 Å². The zero-order valence-electron chi connectivity index (χ0n) is 12.6. The van der Waals surface area contributed by atoms with E-state index < -0.39 is 24.5 Å². The molecule has 0 aliphatic heterocycles. The van der Waals surface area contributed by atoms with Crippen LogP contribution in [0.3, 0.4) is 0 Å². The van der Waals surface area contributed by atoms with Gasteiger partial charge in [-0.15, -0.1) is 0 Å². The molecule has 1 unspecified atom stereocenters. The first-order chi connectivity index (χ1) is 10.4. The third kappa shape index (κ3) is 9.70. The van der Waals surface area contributed by atoms with Gasteiger partial charge in [-0.2, -0.15) is 0 Å². The van der Waals surface area contributed by atoms with Crippen LogP contribution in [0.25, 0.3) is 0 Å². The van der Waals surface area contributed by atoms with Crippen molar-refractivity contribution in [1.29, 1.82) is 0 Å². The highest BCUT2D eigenvalue weighted by Crippen LogP contribution is 1.98. The minimum atomic E-state index is -1.27. The molecule has 0 bridgehead atoms. The third-order valence-electron chi connectivity index (χ3n) is 2.71. The molecule has 22 heavy (non-hydrogen) atoms. The summed E-state index contributed by atoms with van der Waals surface area (Å²) in [5.41, 5.74) is 0. The lowest BCUT2D eigenvalue weighted by Crippen LogP contribution is -2.42. The Labute approximate surface area is 128 Å². The maximum absolute atomic E-state index is 11.5. The second kappa shape index (κ2) is 11.5. The number of aliphatic hydroxyl groups is 1. The van der Waals surface area contributed by atoms with Gasteiger partial charge in [-0.25, -0.2) is 4.79 Å². The maximum atomic E-state index is 11.5. The first-order valence-electron chi connectivity index (χ1n) is 7.07. The van der Waals surface area contributed by atoms with E-state index in [2.05, 4.69) is 16.0 Å². The molecule has 0 saturated carbocycles. The first-order valence-corrected chi connectivity index (χ1v) is 7.07. The molecule has 0 rings (SSSR count). The Balaban J connectivity index is 3.92. The molecule has 0 aliphatic rings. The number of carbonyl (C=O) groups is 4. The predicted molar refractivity (Wildman–Crippen MR) is 76.8 cm³/mol. The Morgan fingerprint density at radius 1 is 1.00 bits per heavy atom. The van der Waals surface area contributed by atoms with E-state index in [-0.39, 0.29) is 24.7 Å². The Kier molecular flexibility index (Phi) is 10.4. The van der Waals surface area contributed by atoms with Gasteiger partial charge < -0.3 is 26.2 Å². The van der Waals surface area contributed by atoms with Gasteiger partial charge in [-0.1, -0.05) is 0 Å². The summed E-state index contributed by atoms with van der Waals surface area (Å²) in [6, 6.07) is -1.22. The normalized spacial score (nSPS) is 11.4. The summed E-state index contributed by atoms with van der Waals surface area (Å²) >= 11 is 0. The molecule has 0 aromatic carbocycles. The lowest BCUT2D eigenvalue weighted by molar-refractivity contribution is -0.142. The van der Waals surface area contributed by atoms with E-state index in [0.29, 0.717) is 25.9 Å². The molecule has 9 nitrogen and oxygen atoms in total. The number of hydrogen-bond donors (Lipinski definition) is 5. The summed E-state index contributed by atoms with van der Waals surface area (Å²) in [6.07, 6.45) is 0.632. The fraction of sp³-hybridized carbons (Fsp3) is 0.692. The van der Waals surface area contributed by atoms with Gasteiger partial charge in [0.2, 0.25) is 17.7 Å². The zero-order valence-corrected chi connectivity index (χ0v) is 12.6. The Morgan fingerprint density at radius 2 is 1.64 bits per heavy atom. The molecule has 5 N–H and O–H groups in total. The molecule has 126 valence electrons. The Bertz CT molecular complexity index is 399. The monoisotopic (exact) mass is 317 g/mol. The van der Waals surface area contributed by atoms with Crippen molar-refractivity contribution in [3.05, 3.63) is 0 Å². The molecule has 0 aliphatic carbocycles. The van der Waals surface area contributed by atoms with Crippen LogP contribution in [-0.4, -0.2) is 59.6 Å². The maximum Gasteiger partial charge on any atom is 0.326 e. The molecule has 0 saturated heterocycles. The molecule has 1 atom stereocenters. The molecule has 9 heteroatoms. The van der Waals surface area contributed by atoms with Gasteiger partial charge >= 0.3 is 5.97 Å². The van der Waals surface area contributed by atoms with Crippen LogP contribution in [0.2, 0.25) is 0 Å². The van der Waals surface area contributed by atoms with Crippen molar-refractivity contribution in [3.8, 4) is 0 Å². The lowest BCUT2D eigenvalue weighted by atomic mass is 10.1. The Morgan fingerprint density at radius 3 is 2.18 bits per heavy atom. The fourth-order valence-corrected chi connectivity index (χ4v) is 1.62. The van der Waals surface area contributed by atoms with Gasteiger partial charge in [0.15, 0.2) is 0 Å². The minimum absolute atomic E-state index is 0.0795. The fourth-order valence-electron chi connectivity index (χ4n) is 1.62. The Hall–Kier alpha value is -2.16. The van der Waals surface area contributed by atoms with Crippen LogP contribution in [0.5, 0.6) is 0 Å². The summed E-state index contributed by atoms with van der Waals surface area (Å²) in [5, 5.41) is 24.7. The van der Waals surface area contributed by atoms with Crippen LogP contribution in [0.15, 0.2) is 0 Å². The van der Waals surface area contributed by atoms with E-state index in [0.717, 1.165) is 0 Å². The highest BCUT2D eigenvalue weighted by atomic mass is 16.4.